The highest BCUT2D eigenvalue weighted by atomic mass is 14.7. The maximum Gasteiger partial charge on any atom is 0.0352 e. The van der Waals surface area contributed by atoms with Crippen LogP contribution in [0.1, 0.15) is 74.6 Å². The molecule has 0 radical (unpaired) electrons. The highest BCUT2D eigenvalue weighted by Crippen LogP contribution is 2.49. The maximum atomic E-state index is 6.68. The third-order valence-corrected chi connectivity index (χ3v) is 5.69. The molecule has 1 heteroatoms. The minimum absolute atomic E-state index is 0.243. The lowest BCUT2D eigenvalue weighted by molar-refractivity contribution is 0.222. The number of benzene rings is 1. The predicted molar refractivity (Wildman–Crippen MR) is 81.2 cm³/mol. The molecular formula is C18H27N. The lowest BCUT2D eigenvalue weighted by atomic mass is 9.73. The van der Waals surface area contributed by atoms with Crippen molar-refractivity contribution in [2.45, 2.75) is 70.8 Å². The summed E-state index contributed by atoms with van der Waals surface area (Å²) in [5, 5.41) is 0. The van der Waals surface area contributed by atoms with Crippen LogP contribution < -0.4 is 5.73 Å². The van der Waals surface area contributed by atoms with E-state index in [-0.39, 0.29) is 6.04 Å². The molecule has 3 rings (SSSR count). The van der Waals surface area contributed by atoms with Crippen LogP contribution in [0, 0.1) is 5.41 Å². The Kier molecular flexibility index (Phi) is 3.66. The molecule has 0 heterocycles. The minimum atomic E-state index is 0.243. The molecule has 1 atom stereocenters. The first kappa shape index (κ1) is 13.2. The Labute approximate surface area is 117 Å². The Balaban J connectivity index is 1.88. The molecule has 1 aromatic carbocycles. The van der Waals surface area contributed by atoms with Crippen LogP contribution in [0.4, 0.5) is 0 Å². The molecule has 0 aromatic heterocycles. The second-order valence-corrected chi connectivity index (χ2v) is 6.64. The first-order valence-corrected chi connectivity index (χ1v) is 8.12. The van der Waals surface area contributed by atoms with Crippen molar-refractivity contribution >= 4 is 0 Å². The van der Waals surface area contributed by atoms with Gasteiger partial charge in [0.05, 0.1) is 0 Å². The fourth-order valence-corrected chi connectivity index (χ4v) is 4.26. The van der Waals surface area contributed by atoms with Crippen LogP contribution in [0.5, 0.6) is 0 Å². The molecule has 1 saturated carbocycles. The van der Waals surface area contributed by atoms with E-state index in [0.29, 0.717) is 5.41 Å². The van der Waals surface area contributed by atoms with Gasteiger partial charge in [-0.3, -0.25) is 0 Å². The first-order chi connectivity index (χ1) is 9.25. The normalized spacial score (nSPS) is 23.1. The van der Waals surface area contributed by atoms with E-state index in [1.54, 1.807) is 11.1 Å². The van der Waals surface area contributed by atoms with E-state index in [0.717, 1.165) is 0 Å². The SMILES string of the molecule is CCC1(C(N)c2ccc3c(c2)CCCC3)CCCC1. The van der Waals surface area contributed by atoms with Crippen LogP contribution in [0.15, 0.2) is 18.2 Å². The van der Waals surface area contributed by atoms with Gasteiger partial charge in [-0.15, -0.1) is 0 Å². The molecule has 104 valence electrons. The molecule has 0 amide bonds. The van der Waals surface area contributed by atoms with Crippen molar-refractivity contribution in [3.8, 4) is 0 Å². The smallest absolute Gasteiger partial charge is 0.0352 e. The summed E-state index contributed by atoms with van der Waals surface area (Å²) >= 11 is 0. The number of hydrogen-bond donors (Lipinski definition) is 1. The van der Waals surface area contributed by atoms with Gasteiger partial charge in [0.1, 0.15) is 0 Å². The topological polar surface area (TPSA) is 26.0 Å². The quantitative estimate of drug-likeness (QED) is 0.845. The third-order valence-electron chi connectivity index (χ3n) is 5.69. The molecular weight excluding hydrogens is 230 g/mol. The van der Waals surface area contributed by atoms with Gasteiger partial charge in [-0.05, 0) is 67.1 Å². The van der Waals surface area contributed by atoms with Crippen molar-refractivity contribution < 1.29 is 0 Å². The van der Waals surface area contributed by atoms with Crippen LogP contribution in [-0.2, 0) is 12.8 Å². The number of fused-ring (bicyclic) bond motifs is 1. The average molecular weight is 257 g/mol. The number of nitrogens with two attached hydrogens (primary N) is 1. The van der Waals surface area contributed by atoms with E-state index in [4.69, 9.17) is 5.73 Å². The second-order valence-electron chi connectivity index (χ2n) is 6.64. The van der Waals surface area contributed by atoms with Gasteiger partial charge in [0, 0.05) is 6.04 Å². The van der Waals surface area contributed by atoms with Crippen LogP contribution in [0.25, 0.3) is 0 Å². The average Bonchev–Trinajstić information content (AvgIpc) is 2.96. The summed E-state index contributed by atoms with van der Waals surface area (Å²) in [6.45, 7) is 2.32. The second kappa shape index (κ2) is 5.28. The lowest BCUT2D eigenvalue weighted by Crippen LogP contribution is -2.31. The maximum absolute atomic E-state index is 6.68. The molecule has 1 fully saturated rings. The summed E-state index contributed by atoms with van der Waals surface area (Å²) < 4.78 is 0. The summed E-state index contributed by atoms with van der Waals surface area (Å²) in [5.41, 5.74) is 11.6. The summed E-state index contributed by atoms with van der Waals surface area (Å²) in [4.78, 5) is 0. The molecule has 0 bridgehead atoms. The molecule has 1 nitrogen and oxygen atoms in total. The van der Waals surface area contributed by atoms with Gasteiger partial charge < -0.3 is 5.73 Å². The molecule has 0 spiro atoms. The van der Waals surface area contributed by atoms with Crippen molar-refractivity contribution in [1.29, 1.82) is 0 Å². The molecule has 19 heavy (non-hydrogen) atoms. The van der Waals surface area contributed by atoms with Crippen LogP contribution in [-0.4, -0.2) is 0 Å². The summed E-state index contributed by atoms with van der Waals surface area (Å²) in [5.74, 6) is 0. The monoisotopic (exact) mass is 257 g/mol. The van der Waals surface area contributed by atoms with Crippen LogP contribution in [0.2, 0.25) is 0 Å². The molecule has 1 aromatic rings. The number of rotatable bonds is 3. The van der Waals surface area contributed by atoms with E-state index in [2.05, 4.69) is 25.1 Å². The Morgan fingerprint density at radius 3 is 2.42 bits per heavy atom. The van der Waals surface area contributed by atoms with E-state index >= 15 is 0 Å². The molecule has 2 N–H and O–H groups in total. The fraction of sp³-hybridized carbons (Fsp3) is 0.667. The van der Waals surface area contributed by atoms with E-state index < -0.39 is 0 Å². The summed E-state index contributed by atoms with van der Waals surface area (Å²) in [6, 6.07) is 7.33. The Morgan fingerprint density at radius 2 is 1.74 bits per heavy atom. The third kappa shape index (κ3) is 2.33. The molecule has 2 aliphatic carbocycles. The van der Waals surface area contributed by atoms with Crippen LogP contribution >= 0.6 is 0 Å². The van der Waals surface area contributed by atoms with E-state index in [1.165, 1.54) is 63.4 Å². The zero-order valence-electron chi connectivity index (χ0n) is 12.3. The van der Waals surface area contributed by atoms with Gasteiger partial charge in [-0.2, -0.15) is 0 Å². The zero-order chi connectivity index (χ0) is 13.3. The molecule has 0 saturated heterocycles. The Hall–Kier alpha value is -0.820. The van der Waals surface area contributed by atoms with Gasteiger partial charge in [0.25, 0.3) is 0 Å². The van der Waals surface area contributed by atoms with Crippen molar-refractivity contribution in [2.24, 2.45) is 11.1 Å². The lowest BCUT2D eigenvalue weighted by Gasteiger charge is -2.35. The van der Waals surface area contributed by atoms with Gasteiger partial charge in [-0.25, -0.2) is 0 Å². The van der Waals surface area contributed by atoms with Crippen molar-refractivity contribution in [3.05, 3.63) is 34.9 Å². The van der Waals surface area contributed by atoms with E-state index in [9.17, 15) is 0 Å². The molecule has 2 aliphatic rings. The predicted octanol–water partition coefficient (Wildman–Crippen LogP) is 4.54. The zero-order valence-corrected chi connectivity index (χ0v) is 12.3. The van der Waals surface area contributed by atoms with Crippen molar-refractivity contribution in [3.63, 3.8) is 0 Å². The highest BCUT2D eigenvalue weighted by Gasteiger charge is 2.38. The molecule has 1 unspecified atom stereocenters. The van der Waals surface area contributed by atoms with Gasteiger partial charge in [0.2, 0.25) is 0 Å². The fourth-order valence-electron chi connectivity index (χ4n) is 4.26. The van der Waals surface area contributed by atoms with Gasteiger partial charge in [0.15, 0.2) is 0 Å². The molecule has 0 aliphatic heterocycles. The van der Waals surface area contributed by atoms with Gasteiger partial charge >= 0.3 is 0 Å². The van der Waals surface area contributed by atoms with Crippen LogP contribution in [0.3, 0.4) is 0 Å². The Bertz CT molecular complexity index is 443. The first-order valence-electron chi connectivity index (χ1n) is 8.12. The highest BCUT2D eigenvalue weighted by molar-refractivity contribution is 5.36. The largest absolute Gasteiger partial charge is 0.323 e. The summed E-state index contributed by atoms with van der Waals surface area (Å²) in [7, 11) is 0. The van der Waals surface area contributed by atoms with Crippen molar-refractivity contribution in [1.82, 2.24) is 0 Å². The minimum Gasteiger partial charge on any atom is -0.323 e. The number of hydrogen-bond acceptors (Lipinski definition) is 1. The van der Waals surface area contributed by atoms with Gasteiger partial charge in [-0.1, -0.05) is 38.0 Å². The van der Waals surface area contributed by atoms with Crippen molar-refractivity contribution in [2.75, 3.05) is 0 Å². The Morgan fingerprint density at radius 1 is 1.05 bits per heavy atom. The number of aryl methyl sites for hydroxylation is 2. The van der Waals surface area contributed by atoms with E-state index in [1.807, 2.05) is 0 Å². The summed E-state index contributed by atoms with van der Waals surface area (Å²) in [6.07, 6.45) is 11.8. The standard InChI is InChI=1S/C18H27N/c1-2-18(11-5-6-12-18)17(19)16-10-9-14-7-3-4-8-15(14)13-16/h9-10,13,17H,2-8,11-12,19H2,1H3.